The zero-order valence-electron chi connectivity index (χ0n) is 9.46. The van der Waals surface area contributed by atoms with Gasteiger partial charge in [-0.3, -0.25) is 0 Å². The molecular formula is C10H22N2O2S. The molecular weight excluding hydrogens is 212 g/mol. The summed E-state index contributed by atoms with van der Waals surface area (Å²) in [5.41, 5.74) is 0. The topological polar surface area (TPSA) is 58.2 Å². The predicted molar refractivity (Wildman–Crippen MR) is 62.3 cm³/mol. The zero-order chi connectivity index (χ0) is 11.1. The molecule has 0 aliphatic carbocycles. The Hall–Kier alpha value is -0.130. The second-order valence-electron chi connectivity index (χ2n) is 4.20. The van der Waals surface area contributed by atoms with Crippen LogP contribution in [0, 0.1) is 5.92 Å². The summed E-state index contributed by atoms with van der Waals surface area (Å²) in [6.07, 6.45) is 4.01. The molecule has 0 aromatic heterocycles. The highest BCUT2D eigenvalue weighted by Gasteiger charge is 2.14. The average Bonchev–Trinajstić information content (AvgIpc) is 2.19. The summed E-state index contributed by atoms with van der Waals surface area (Å²) >= 11 is 0. The maximum Gasteiger partial charge on any atom is 0.211 e. The van der Waals surface area contributed by atoms with E-state index in [2.05, 4.69) is 10.0 Å². The van der Waals surface area contributed by atoms with Crippen molar-refractivity contribution in [3.8, 4) is 0 Å². The van der Waals surface area contributed by atoms with Crippen LogP contribution in [0.4, 0.5) is 0 Å². The lowest BCUT2D eigenvalue weighted by molar-refractivity contribution is 0.354. The van der Waals surface area contributed by atoms with Crippen LogP contribution in [0.2, 0.25) is 0 Å². The van der Waals surface area contributed by atoms with Gasteiger partial charge in [-0.2, -0.15) is 0 Å². The molecule has 0 saturated carbocycles. The van der Waals surface area contributed by atoms with Crippen LogP contribution in [0.1, 0.15) is 32.6 Å². The minimum Gasteiger partial charge on any atom is -0.317 e. The lowest BCUT2D eigenvalue weighted by atomic mass is 9.95. The van der Waals surface area contributed by atoms with Crippen molar-refractivity contribution in [3.05, 3.63) is 0 Å². The molecule has 0 radical (unpaired) electrons. The van der Waals surface area contributed by atoms with Gasteiger partial charge in [0, 0.05) is 6.54 Å². The fourth-order valence-electron chi connectivity index (χ4n) is 1.93. The number of sulfonamides is 1. The molecule has 0 spiro atoms. The Morgan fingerprint density at radius 2 is 2.00 bits per heavy atom. The summed E-state index contributed by atoms with van der Waals surface area (Å²) in [5.74, 6) is 0.940. The van der Waals surface area contributed by atoms with E-state index >= 15 is 0 Å². The van der Waals surface area contributed by atoms with Gasteiger partial charge in [-0.15, -0.1) is 0 Å². The normalized spacial score (nSPS) is 19.3. The minimum atomic E-state index is -3.00. The van der Waals surface area contributed by atoms with E-state index in [0.717, 1.165) is 19.5 Å². The van der Waals surface area contributed by atoms with Crippen LogP contribution >= 0.6 is 0 Å². The van der Waals surface area contributed by atoms with Gasteiger partial charge in [0.1, 0.15) is 0 Å². The van der Waals surface area contributed by atoms with Gasteiger partial charge >= 0.3 is 0 Å². The number of piperidine rings is 1. The molecule has 1 heterocycles. The van der Waals surface area contributed by atoms with E-state index in [-0.39, 0.29) is 5.75 Å². The molecule has 2 N–H and O–H groups in total. The Morgan fingerprint density at radius 1 is 1.33 bits per heavy atom. The molecule has 4 nitrogen and oxygen atoms in total. The van der Waals surface area contributed by atoms with Crippen molar-refractivity contribution >= 4 is 10.0 Å². The third-order valence-electron chi connectivity index (χ3n) is 2.81. The first kappa shape index (κ1) is 12.9. The van der Waals surface area contributed by atoms with Crippen LogP contribution in [-0.4, -0.2) is 33.8 Å². The monoisotopic (exact) mass is 234 g/mol. The molecule has 1 rings (SSSR count). The Bertz CT molecular complexity index is 259. The predicted octanol–water partition coefficient (Wildman–Crippen LogP) is 0.706. The molecule has 0 amide bonds. The molecule has 0 aromatic carbocycles. The number of nitrogens with one attached hydrogen (secondary N) is 2. The molecule has 1 aliphatic rings. The van der Waals surface area contributed by atoms with Crippen molar-refractivity contribution < 1.29 is 8.42 Å². The van der Waals surface area contributed by atoms with Crippen molar-refractivity contribution in [1.29, 1.82) is 0 Å². The van der Waals surface area contributed by atoms with Crippen LogP contribution in [-0.2, 0) is 10.0 Å². The fraction of sp³-hybridized carbons (Fsp3) is 1.00. The summed E-state index contributed by atoms with van der Waals surface area (Å²) in [6.45, 7) is 4.64. The minimum absolute atomic E-state index is 0.249. The van der Waals surface area contributed by atoms with Crippen molar-refractivity contribution in [2.24, 2.45) is 5.92 Å². The number of hydrogen-bond acceptors (Lipinski definition) is 3. The molecule has 0 unspecified atom stereocenters. The van der Waals surface area contributed by atoms with Crippen molar-refractivity contribution in [3.63, 3.8) is 0 Å². The van der Waals surface area contributed by atoms with Gasteiger partial charge in [-0.1, -0.05) is 6.92 Å². The first-order valence-electron chi connectivity index (χ1n) is 5.82. The Labute approximate surface area is 92.9 Å². The average molecular weight is 234 g/mol. The highest BCUT2D eigenvalue weighted by atomic mass is 32.2. The van der Waals surface area contributed by atoms with Gasteiger partial charge in [0.05, 0.1) is 5.75 Å². The van der Waals surface area contributed by atoms with E-state index in [1.54, 1.807) is 0 Å². The summed E-state index contributed by atoms with van der Waals surface area (Å²) < 4.78 is 25.4. The van der Waals surface area contributed by atoms with Crippen molar-refractivity contribution in [1.82, 2.24) is 10.0 Å². The Morgan fingerprint density at radius 3 is 2.60 bits per heavy atom. The molecule has 5 heteroatoms. The largest absolute Gasteiger partial charge is 0.317 e. The van der Waals surface area contributed by atoms with Gasteiger partial charge in [-0.05, 0) is 44.7 Å². The first-order valence-corrected chi connectivity index (χ1v) is 7.47. The quantitative estimate of drug-likeness (QED) is 0.711. The van der Waals surface area contributed by atoms with E-state index in [1.807, 2.05) is 6.92 Å². The smallest absolute Gasteiger partial charge is 0.211 e. The van der Waals surface area contributed by atoms with E-state index in [1.165, 1.54) is 12.8 Å². The van der Waals surface area contributed by atoms with Crippen molar-refractivity contribution in [2.45, 2.75) is 32.6 Å². The van der Waals surface area contributed by atoms with E-state index in [0.29, 0.717) is 18.9 Å². The third kappa shape index (κ3) is 5.49. The third-order valence-corrected chi connectivity index (χ3v) is 4.40. The second-order valence-corrected chi connectivity index (χ2v) is 6.12. The summed E-state index contributed by atoms with van der Waals surface area (Å²) in [4.78, 5) is 0. The lowest BCUT2D eigenvalue weighted by Crippen LogP contribution is -2.32. The molecule has 1 fully saturated rings. The summed E-state index contributed by atoms with van der Waals surface area (Å²) in [7, 11) is -3.00. The number of rotatable bonds is 6. The number of hydrogen-bond donors (Lipinski definition) is 2. The zero-order valence-corrected chi connectivity index (χ0v) is 10.3. The van der Waals surface area contributed by atoms with Gasteiger partial charge in [0.2, 0.25) is 10.0 Å². The second kappa shape index (κ2) is 6.45. The van der Waals surface area contributed by atoms with Crippen LogP contribution in [0.25, 0.3) is 0 Å². The van der Waals surface area contributed by atoms with E-state index in [4.69, 9.17) is 0 Å². The van der Waals surface area contributed by atoms with Gasteiger partial charge in [0.15, 0.2) is 0 Å². The molecule has 90 valence electrons. The molecule has 1 saturated heterocycles. The maximum absolute atomic E-state index is 11.3. The molecule has 0 bridgehead atoms. The van der Waals surface area contributed by atoms with Crippen LogP contribution in [0.15, 0.2) is 0 Å². The molecule has 0 aromatic rings. The van der Waals surface area contributed by atoms with Gasteiger partial charge in [-0.25, -0.2) is 13.1 Å². The van der Waals surface area contributed by atoms with Crippen LogP contribution in [0.3, 0.4) is 0 Å². The fourth-order valence-corrected chi connectivity index (χ4v) is 3.04. The maximum atomic E-state index is 11.3. The van der Waals surface area contributed by atoms with Gasteiger partial charge in [0.25, 0.3) is 0 Å². The van der Waals surface area contributed by atoms with E-state index in [9.17, 15) is 8.42 Å². The Kier molecular flexibility index (Phi) is 5.56. The summed E-state index contributed by atoms with van der Waals surface area (Å²) in [6, 6.07) is 0. The van der Waals surface area contributed by atoms with Crippen LogP contribution < -0.4 is 10.0 Å². The van der Waals surface area contributed by atoms with Crippen LogP contribution in [0.5, 0.6) is 0 Å². The Balaban J connectivity index is 2.14. The SMILES string of the molecule is CCCS(=O)(=O)NCCC1CCNCC1. The van der Waals surface area contributed by atoms with E-state index < -0.39 is 10.0 Å². The first-order chi connectivity index (χ1) is 7.14. The van der Waals surface area contributed by atoms with Crippen molar-refractivity contribution in [2.75, 3.05) is 25.4 Å². The molecule has 0 atom stereocenters. The summed E-state index contributed by atoms with van der Waals surface area (Å²) in [5, 5.41) is 3.30. The van der Waals surface area contributed by atoms with Gasteiger partial charge < -0.3 is 5.32 Å². The molecule has 15 heavy (non-hydrogen) atoms. The highest BCUT2D eigenvalue weighted by Crippen LogP contribution is 2.14. The molecule has 1 aliphatic heterocycles. The standard InChI is InChI=1S/C10H22N2O2S/c1-2-9-15(13,14)12-8-5-10-3-6-11-7-4-10/h10-12H,2-9H2,1H3. The lowest BCUT2D eigenvalue weighted by Gasteiger charge is -2.22. The highest BCUT2D eigenvalue weighted by molar-refractivity contribution is 7.89.